The summed E-state index contributed by atoms with van der Waals surface area (Å²) in [6.07, 6.45) is 8.32. The summed E-state index contributed by atoms with van der Waals surface area (Å²) in [7, 11) is 0. The highest BCUT2D eigenvalue weighted by Crippen LogP contribution is 2.72. The highest BCUT2D eigenvalue weighted by molar-refractivity contribution is 5.35. The molecule has 1 aromatic heterocycles. The number of ether oxygens (including phenoxy) is 3. The van der Waals surface area contributed by atoms with Gasteiger partial charge in [0, 0.05) is 30.6 Å². The Morgan fingerprint density at radius 2 is 1.74 bits per heavy atom. The van der Waals surface area contributed by atoms with Crippen LogP contribution in [-0.4, -0.2) is 47.2 Å². The van der Waals surface area contributed by atoms with Crippen molar-refractivity contribution in [2.75, 3.05) is 13.2 Å². The molecule has 2 aliphatic heterocycles. The number of furan rings is 1. The summed E-state index contributed by atoms with van der Waals surface area (Å²) in [5, 5.41) is 22.4. The van der Waals surface area contributed by atoms with Crippen molar-refractivity contribution in [3.8, 4) is 0 Å². The van der Waals surface area contributed by atoms with E-state index in [1.54, 1.807) is 0 Å². The molecular formula is C29H40O6. The van der Waals surface area contributed by atoms with Gasteiger partial charge in [-0.2, -0.15) is 0 Å². The summed E-state index contributed by atoms with van der Waals surface area (Å²) >= 11 is 0. The molecule has 9 atom stereocenters. The van der Waals surface area contributed by atoms with Crippen LogP contribution >= 0.6 is 0 Å². The molecule has 5 fully saturated rings. The highest BCUT2D eigenvalue weighted by atomic mass is 16.7. The van der Waals surface area contributed by atoms with Crippen molar-refractivity contribution in [3.05, 3.63) is 35.3 Å². The third-order valence-electron chi connectivity index (χ3n) is 11.5. The molecule has 2 saturated heterocycles. The first-order valence-corrected chi connectivity index (χ1v) is 13.8. The van der Waals surface area contributed by atoms with Gasteiger partial charge in [0.2, 0.25) is 0 Å². The topological polar surface area (TPSA) is 81.3 Å². The molecule has 4 aliphatic carbocycles. The summed E-state index contributed by atoms with van der Waals surface area (Å²) in [6, 6.07) is 4.20. The van der Waals surface area contributed by atoms with Crippen LogP contribution in [-0.2, 0) is 14.2 Å². The Balaban J connectivity index is 1.35. The van der Waals surface area contributed by atoms with Gasteiger partial charge in [0.15, 0.2) is 12.1 Å². The summed E-state index contributed by atoms with van der Waals surface area (Å²) < 4.78 is 24.9. The van der Waals surface area contributed by atoms with E-state index in [2.05, 4.69) is 32.1 Å². The van der Waals surface area contributed by atoms with E-state index < -0.39 is 18.2 Å². The van der Waals surface area contributed by atoms with E-state index in [4.69, 9.17) is 18.6 Å². The average molecular weight is 485 g/mol. The largest absolute Gasteiger partial charge is 0.466 e. The third kappa shape index (κ3) is 3.01. The lowest BCUT2D eigenvalue weighted by Crippen LogP contribution is -2.61. The number of hydrogen-bond acceptors (Lipinski definition) is 6. The molecule has 3 heterocycles. The molecule has 0 amide bonds. The van der Waals surface area contributed by atoms with Gasteiger partial charge in [-0.25, -0.2) is 0 Å². The molecule has 0 bridgehead atoms. The van der Waals surface area contributed by atoms with E-state index in [1.807, 2.05) is 6.92 Å². The van der Waals surface area contributed by atoms with Crippen LogP contribution < -0.4 is 0 Å². The van der Waals surface area contributed by atoms with Gasteiger partial charge in [-0.3, -0.25) is 0 Å². The lowest BCUT2D eigenvalue weighted by atomic mass is 9.43. The minimum absolute atomic E-state index is 0.0874. The molecule has 4 unspecified atom stereocenters. The fraction of sp³-hybridized carbons (Fsp3) is 0.793. The monoisotopic (exact) mass is 484 g/mol. The second-order valence-corrected chi connectivity index (χ2v) is 12.9. The van der Waals surface area contributed by atoms with Gasteiger partial charge in [0.25, 0.3) is 0 Å². The normalized spacial score (nSPS) is 50.3. The van der Waals surface area contributed by atoms with Crippen molar-refractivity contribution < 1.29 is 28.8 Å². The number of allylic oxidation sites excluding steroid dienone is 1. The molecule has 6 aliphatic rings. The zero-order valence-corrected chi connectivity index (χ0v) is 21.3. The smallest absolute Gasteiger partial charge is 0.172 e. The van der Waals surface area contributed by atoms with Gasteiger partial charge in [-0.05, 0) is 74.3 Å². The van der Waals surface area contributed by atoms with Crippen LogP contribution in [0.1, 0.15) is 82.7 Å². The predicted molar refractivity (Wildman–Crippen MR) is 128 cm³/mol. The van der Waals surface area contributed by atoms with Crippen LogP contribution in [0, 0.1) is 35.5 Å². The number of aliphatic hydroxyl groups is 2. The number of rotatable bonds is 1. The Labute approximate surface area is 208 Å². The maximum atomic E-state index is 12.0. The Morgan fingerprint density at radius 3 is 2.43 bits per heavy atom. The molecule has 7 rings (SSSR count). The van der Waals surface area contributed by atoms with Crippen LogP contribution in [0.25, 0.3) is 0 Å². The SMILES string of the molecule is Cc1ccc([C@@H]2C=C3CC4(CC[C@]3(C)C3C(O)C[C@@]5(C)[C@@H](CCC56CCC(O)O6)[C@@H]32)OCCO4)o1. The van der Waals surface area contributed by atoms with Crippen molar-refractivity contribution in [2.24, 2.45) is 28.6 Å². The summed E-state index contributed by atoms with van der Waals surface area (Å²) in [5.41, 5.74) is 0.782. The molecule has 3 saturated carbocycles. The summed E-state index contributed by atoms with van der Waals surface area (Å²) in [4.78, 5) is 0. The van der Waals surface area contributed by atoms with E-state index in [0.29, 0.717) is 25.6 Å². The first-order chi connectivity index (χ1) is 16.7. The number of fused-ring (bicyclic) bond motifs is 6. The second-order valence-electron chi connectivity index (χ2n) is 12.9. The minimum Gasteiger partial charge on any atom is -0.466 e. The average Bonchev–Trinajstić information content (AvgIpc) is 3.58. The first kappa shape index (κ1) is 23.0. The van der Waals surface area contributed by atoms with Crippen molar-refractivity contribution in [3.63, 3.8) is 0 Å². The molecule has 6 nitrogen and oxygen atoms in total. The van der Waals surface area contributed by atoms with Crippen LogP contribution in [0.5, 0.6) is 0 Å². The van der Waals surface area contributed by atoms with Crippen LogP contribution in [0.3, 0.4) is 0 Å². The first-order valence-electron chi connectivity index (χ1n) is 13.8. The lowest BCUT2D eigenvalue weighted by Gasteiger charge is -2.62. The number of hydrogen-bond donors (Lipinski definition) is 2. The minimum atomic E-state index is -0.680. The van der Waals surface area contributed by atoms with E-state index >= 15 is 0 Å². The fourth-order valence-electron chi connectivity index (χ4n) is 9.81. The van der Waals surface area contributed by atoms with Crippen molar-refractivity contribution in [2.45, 2.75) is 102 Å². The van der Waals surface area contributed by atoms with E-state index in [-0.39, 0.29) is 34.2 Å². The van der Waals surface area contributed by atoms with Gasteiger partial charge in [0.1, 0.15) is 11.5 Å². The molecule has 0 aromatic carbocycles. The van der Waals surface area contributed by atoms with Crippen LogP contribution in [0.2, 0.25) is 0 Å². The zero-order valence-electron chi connectivity index (χ0n) is 21.3. The molecule has 192 valence electrons. The maximum absolute atomic E-state index is 12.0. The van der Waals surface area contributed by atoms with Gasteiger partial charge in [-0.15, -0.1) is 0 Å². The Kier molecular flexibility index (Phi) is 4.89. The standard InChI is InChI=1S/C29H40O6/c1-17-4-5-22(34-17)19-14-18-15-29(32-12-13-33-29)11-10-26(18,2)25-21(30)16-27(3)20(24(19)25)6-8-28(27)9-7-23(31)35-28/h4-5,14,19-21,23-25,30-31H,6-13,15-16H2,1-3H3/t19-,20-,21?,23?,24-,25?,26-,27-,28?/m0/s1. The van der Waals surface area contributed by atoms with Crippen LogP contribution in [0.4, 0.5) is 0 Å². The Morgan fingerprint density at radius 1 is 0.971 bits per heavy atom. The highest BCUT2D eigenvalue weighted by Gasteiger charge is 2.70. The summed E-state index contributed by atoms with van der Waals surface area (Å²) in [6.45, 7) is 8.05. The molecular weight excluding hydrogens is 444 g/mol. The van der Waals surface area contributed by atoms with Crippen molar-refractivity contribution in [1.82, 2.24) is 0 Å². The third-order valence-corrected chi connectivity index (χ3v) is 11.5. The zero-order chi connectivity index (χ0) is 24.2. The van der Waals surface area contributed by atoms with Crippen LogP contribution in [0.15, 0.2) is 28.2 Å². The lowest BCUT2D eigenvalue weighted by molar-refractivity contribution is -0.221. The molecule has 6 heteroatoms. The van der Waals surface area contributed by atoms with E-state index in [9.17, 15) is 10.2 Å². The predicted octanol–water partition coefficient (Wildman–Crippen LogP) is 4.83. The molecule has 2 spiro atoms. The van der Waals surface area contributed by atoms with Gasteiger partial charge in [0.05, 0.1) is 24.9 Å². The van der Waals surface area contributed by atoms with E-state index in [0.717, 1.165) is 56.5 Å². The fourth-order valence-corrected chi connectivity index (χ4v) is 9.81. The number of aliphatic hydroxyl groups excluding tert-OH is 2. The van der Waals surface area contributed by atoms with Gasteiger partial charge >= 0.3 is 0 Å². The quantitative estimate of drug-likeness (QED) is 0.556. The molecule has 35 heavy (non-hydrogen) atoms. The molecule has 2 N–H and O–H groups in total. The van der Waals surface area contributed by atoms with E-state index in [1.165, 1.54) is 5.57 Å². The summed E-state index contributed by atoms with van der Waals surface area (Å²) in [5.74, 6) is 2.36. The second kappa shape index (κ2) is 7.44. The van der Waals surface area contributed by atoms with Gasteiger partial charge in [-0.1, -0.05) is 25.5 Å². The Bertz CT molecular complexity index is 1040. The Hall–Kier alpha value is -1.18. The molecule has 0 radical (unpaired) electrons. The van der Waals surface area contributed by atoms with Crippen molar-refractivity contribution >= 4 is 0 Å². The molecule has 1 aromatic rings. The van der Waals surface area contributed by atoms with Crippen molar-refractivity contribution in [1.29, 1.82) is 0 Å². The van der Waals surface area contributed by atoms with Gasteiger partial charge < -0.3 is 28.8 Å². The number of aryl methyl sites for hydroxylation is 1. The maximum Gasteiger partial charge on any atom is 0.172 e.